The van der Waals surface area contributed by atoms with Gasteiger partial charge in [0.25, 0.3) is 0 Å². The van der Waals surface area contributed by atoms with Gasteiger partial charge in [0.05, 0.1) is 18.8 Å². The van der Waals surface area contributed by atoms with Crippen molar-refractivity contribution in [2.45, 2.75) is 24.9 Å². The molecule has 2 aliphatic heterocycles. The predicted molar refractivity (Wildman–Crippen MR) is 81.0 cm³/mol. The van der Waals surface area contributed by atoms with Crippen LogP contribution in [0.15, 0.2) is 18.2 Å². The monoisotopic (exact) mass is 327 g/mol. The minimum absolute atomic E-state index is 0.0856. The Morgan fingerprint density at radius 2 is 2.09 bits per heavy atom. The quantitative estimate of drug-likeness (QED) is 0.919. The highest BCUT2D eigenvalue weighted by Crippen LogP contribution is 2.32. The zero-order valence-electron chi connectivity index (χ0n) is 12.0. The number of amides is 1. The van der Waals surface area contributed by atoms with Crippen molar-refractivity contribution in [2.75, 3.05) is 29.6 Å². The average molecular weight is 327 g/mol. The topological polar surface area (TPSA) is 66.8 Å². The van der Waals surface area contributed by atoms with Gasteiger partial charge in [-0.2, -0.15) is 0 Å². The van der Waals surface area contributed by atoms with E-state index in [1.807, 2.05) is 0 Å². The van der Waals surface area contributed by atoms with Gasteiger partial charge in [0.2, 0.25) is 0 Å². The number of hydrogen-bond acceptors (Lipinski definition) is 4. The number of anilines is 1. The number of hydrogen-bond donors (Lipinski definition) is 1. The number of benzene rings is 1. The molecule has 1 aromatic carbocycles. The maximum absolute atomic E-state index is 14.4. The second-order valence-corrected chi connectivity index (χ2v) is 7.32. The van der Waals surface area contributed by atoms with Crippen LogP contribution in [-0.2, 0) is 15.5 Å². The second-order valence-electron chi connectivity index (χ2n) is 5.63. The third-order valence-electron chi connectivity index (χ3n) is 4.20. The lowest BCUT2D eigenvalue weighted by molar-refractivity contribution is 0.0963. The molecule has 1 N–H and O–H groups in total. The lowest BCUT2D eigenvalue weighted by Crippen LogP contribution is -2.25. The van der Waals surface area contributed by atoms with Crippen LogP contribution in [0.5, 0.6) is 0 Å². The molecular formula is C15H18FNO4S. The first-order valence-corrected chi connectivity index (χ1v) is 8.80. The summed E-state index contributed by atoms with van der Waals surface area (Å²) in [6.45, 7) is -0.0292. The van der Waals surface area contributed by atoms with E-state index in [0.29, 0.717) is 22.8 Å². The first kappa shape index (κ1) is 15.4. The van der Waals surface area contributed by atoms with Crippen molar-refractivity contribution >= 4 is 22.6 Å². The Morgan fingerprint density at radius 3 is 2.68 bits per heavy atom. The minimum Gasteiger partial charge on any atom is -0.441 e. The van der Waals surface area contributed by atoms with E-state index in [-0.39, 0.29) is 24.9 Å². The SMILES string of the molecule is O=C1O[C@@H](CO)CN1c1ccc(C2CCS(=O)CC2)c(F)c1. The summed E-state index contributed by atoms with van der Waals surface area (Å²) in [7, 11) is -0.773. The van der Waals surface area contributed by atoms with Gasteiger partial charge < -0.3 is 9.84 Å². The molecule has 0 unspecified atom stereocenters. The smallest absolute Gasteiger partial charge is 0.414 e. The zero-order chi connectivity index (χ0) is 15.7. The fraction of sp³-hybridized carbons (Fsp3) is 0.533. The summed E-state index contributed by atoms with van der Waals surface area (Å²) in [6, 6.07) is 4.73. The Morgan fingerprint density at radius 1 is 1.36 bits per heavy atom. The standard InChI is InChI=1S/C15H18FNO4S/c16-14-7-11(17-8-12(9-18)21-15(17)19)1-2-13(14)10-3-5-22(20)6-4-10/h1-2,7,10,12,18H,3-6,8-9H2/t10?,12-,22?/m1/s1. The molecule has 0 aromatic heterocycles. The Hall–Kier alpha value is -1.47. The molecule has 0 radical (unpaired) electrons. The third kappa shape index (κ3) is 3.01. The van der Waals surface area contributed by atoms with Crippen molar-refractivity contribution in [1.82, 2.24) is 0 Å². The molecule has 2 aliphatic rings. The molecule has 0 saturated carbocycles. The molecule has 2 heterocycles. The Balaban J connectivity index is 1.78. The van der Waals surface area contributed by atoms with E-state index >= 15 is 0 Å². The molecular weight excluding hydrogens is 309 g/mol. The molecule has 0 spiro atoms. The lowest BCUT2D eigenvalue weighted by atomic mass is 9.93. The number of ether oxygens (including phenoxy) is 1. The summed E-state index contributed by atoms with van der Waals surface area (Å²) in [5.41, 5.74) is 1.05. The molecule has 7 heteroatoms. The molecule has 3 rings (SSSR count). The van der Waals surface area contributed by atoms with E-state index in [9.17, 15) is 13.4 Å². The number of aliphatic hydroxyl groups excluding tert-OH is 1. The molecule has 22 heavy (non-hydrogen) atoms. The Bertz CT molecular complexity index is 599. The number of carbonyl (C=O) groups excluding carboxylic acids is 1. The van der Waals surface area contributed by atoms with Gasteiger partial charge in [0.15, 0.2) is 0 Å². The van der Waals surface area contributed by atoms with Crippen LogP contribution >= 0.6 is 0 Å². The van der Waals surface area contributed by atoms with Crippen molar-refractivity contribution in [1.29, 1.82) is 0 Å². The highest BCUT2D eigenvalue weighted by molar-refractivity contribution is 7.85. The molecule has 0 aliphatic carbocycles. The van der Waals surface area contributed by atoms with Crippen molar-refractivity contribution in [3.8, 4) is 0 Å². The van der Waals surface area contributed by atoms with Gasteiger partial charge in [-0.3, -0.25) is 9.11 Å². The third-order valence-corrected chi connectivity index (χ3v) is 5.58. The summed E-state index contributed by atoms with van der Waals surface area (Å²) < 4.78 is 30.7. The molecule has 2 saturated heterocycles. The summed E-state index contributed by atoms with van der Waals surface area (Å²) in [5.74, 6) is 0.961. The van der Waals surface area contributed by atoms with Crippen LogP contribution in [0.2, 0.25) is 0 Å². The number of nitrogens with zero attached hydrogens (tertiary/aromatic N) is 1. The number of aliphatic hydroxyl groups is 1. The van der Waals surface area contributed by atoms with Crippen LogP contribution in [0.4, 0.5) is 14.9 Å². The van der Waals surface area contributed by atoms with Crippen molar-refractivity contribution < 1.29 is 23.2 Å². The largest absolute Gasteiger partial charge is 0.441 e. The summed E-state index contributed by atoms with van der Waals surface area (Å²) in [5, 5.41) is 9.04. The van der Waals surface area contributed by atoms with E-state index in [0.717, 1.165) is 12.8 Å². The number of rotatable bonds is 3. The zero-order valence-corrected chi connectivity index (χ0v) is 12.9. The van der Waals surface area contributed by atoms with Crippen LogP contribution in [0.1, 0.15) is 24.3 Å². The first-order chi connectivity index (χ1) is 10.6. The van der Waals surface area contributed by atoms with Crippen molar-refractivity contribution in [2.24, 2.45) is 0 Å². The Kier molecular flexibility index (Phi) is 4.44. The van der Waals surface area contributed by atoms with Crippen LogP contribution in [0.25, 0.3) is 0 Å². The molecule has 0 bridgehead atoms. The van der Waals surface area contributed by atoms with Gasteiger partial charge in [-0.1, -0.05) is 6.07 Å². The van der Waals surface area contributed by atoms with Crippen LogP contribution in [0, 0.1) is 5.82 Å². The van der Waals surface area contributed by atoms with E-state index in [2.05, 4.69) is 0 Å². The van der Waals surface area contributed by atoms with Crippen molar-refractivity contribution in [3.63, 3.8) is 0 Å². The van der Waals surface area contributed by atoms with E-state index < -0.39 is 23.0 Å². The summed E-state index contributed by atoms with van der Waals surface area (Å²) >= 11 is 0. The first-order valence-electron chi connectivity index (χ1n) is 7.32. The number of cyclic esters (lactones) is 1. The van der Waals surface area contributed by atoms with Gasteiger partial charge in [-0.25, -0.2) is 9.18 Å². The normalized spacial score (nSPS) is 28.7. The van der Waals surface area contributed by atoms with Gasteiger partial charge >= 0.3 is 6.09 Å². The molecule has 5 nitrogen and oxygen atoms in total. The van der Waals surface area contributed by atoms with E-state index in [4.69, 9.17) is 9.84 Å². The summed E-state index contributed by atoms with van der Waals surface area (Å²) in [4.78, 5) is 13.0. The number of halogens is 1. The second kappa shape index (κ2) is 6.34. The fourth-order valence-corrected chi connectivity index (χ4v) is 4.25. The maximum atomic E-state index is 14.4. The molecule has 120 valence electrons. The molecule has 1 amide bonds. The predicted octanol–water partition coefficient (Wildman–Crippen LogP) is 1.77. The Labute approximate surface area is 130 Å². The molecule has 1 aromatic rings. The van der Waals surface area contributed by atoms with Gasteiger partial charge in [0, 0.05) is 22.3 Å². The van der Waals surface area contributed by atoms with Crippen LogP contribution in [0.3, 0.4) is 0 Å². The lowest BCUT2D eigenvalue weighted by Gasteiger charge is -2.23. The van der Waals surface area contributed by atoms with E-state index in [1.165, 1.54) is 11.0 Å². The minimum atomic E-state index is -0.773. The average Bonchev–Trinajstić information content (AvgIpc) is 2.89. The molecule has 1 atom stereocenters. The van der Waals surface area contributed by atoms with Gasteiger partial charge in [0.1, 0.15) is 11.9 Å². The van der Waals surface area contributed by atoms with Gasteiger partial charge in [-0.15, -0.1) is 0 Å². The van der Waals surface area contributed by atoms with E-state index in [1.54, 1.807) is 12.1 Å². The molecule has 2 fully saturated rings. The van der Waals surface area contributed by atoms with Crippen LogP contribution < -0.4 is 4.90 Å². The van der Waals surface area contributed by atoms with Crippen LogP contribution in [-0.4, -0.2) is 46.2 Å². The highest BCUT2D eigenvalue weighted by atomic mass is 32.2. The highest BCUT2D eigenvalue weighted by Gasteiger charge is 2.32. The maximum Gasteiger partial charge on any atom is 0.414 e. The summed E-state index contributed by atoms with van der Waals surface area (Å²) in [6.07, 6.45) is 0.311. The number of carbonyl (C=O) groups is 1. The fourth-order valence-electron chi connectivity index (χ4n) is 2.95. The van der Waals surface area contributed by atoms with Gasteiger partial charge in [-0.05, 0) is 36.5 Å². The van der Waals surface area contributed by atoms with Crippen molar-refractivity contribution in [3.05, 3.63) is 29.6 Å².